The van der Waals surface area contributed by atoms with Gasteiger partial charge in [-0.25, -0.2) is 0 Å². The number of hydrogen-bond donors (Lipinski definition) is 2. The SMILES string of the molecule is CC(=O)NCc1ccc(C(=O)Nc2ccc(CN3CCSCC3)cc2C)s1. The number of nitrogens with one attached hydrogen (secondary N) is 2. The first-order chi connectivity index (χ1) is 13.0. The van der Waals surface area contributed by atoms with Crippen molar-refractivity contribution in [2.45, 2.75) is 26.9 Å². The quantitative estimate of drug-likeness (QED) is 0.775. The molecule has 0 aliphatic carbocycles. The molecule has 1 aromatic carbocycles. The van der Waals surface area contributed by atoms with Gasteiger partial charge in [-0.15, -0.1) is 11.3 Å². The molecule has 2 aromatic rings. The summed E-state index contributed by atoms with van der Waals surface area (Å²) in [6, 6.07) is 9.93. The Morgan fingerprint density at radius 2 is 1.93 bits per heavy atom. The van der Waals surface area contributed by atoms with E-state index in [9.17, 15) is 9.59 Å². The van der Waals surface area contributed by atoms with Crippen LogP contribution in [0.2, 0.25) is 0 Å². The van der Waals surface area contributed by atoms with E-state index in [2.05, 4.69) is 27.7 Å². The average Bonchev–Trinajstić information content (AvgIpc) is 3.12. The Morgan fingerprint density at radius 3 is 2.63 bits per heavy atom. The summed E-state index contributed by atoms with van der Waals surface area (Å²) >= 11 is 3.42. The van der Waals surface area contributed by atoms with E-state index in [1.165, 1.54) is 35.3 Å². The summed E-state index contributed by atoms with van der Waals surface area (Å²) < 4.78 is 0. The molecule has 1 aromatic heterocycles. The number of benzene rings is 1. The standard InChI is InChI=1S/C20H25N3O2S2/c1-14-11-16(13-23-7-9-26-10-8-23)3-5-18(14)22-20(25)19-6-4-17(27-19)12-21-15(2)24/h3-6,11H,7-10,12-13H2,1-2H3,(H,21,24)(H,22,25). The van der Waals surface area contributed by atoms with Crippen molar-refractivity contribution in [2.75, 3.05) is 29.9 Å². The molecule has 2 N–H and O–H groups in total. The molecule has 0 bridgehead atoms. The van der Waals surface area contributed by atoms with Crippen LogP contribution in [0.4, 0.5) is 5.69 Å². The number of thioether (sulfide) groups is 1. The Hall–Kier alpha value is -1.83. The fraction of sp³-hybridized carbons (Fsp3) is 0.400. The number of hydrogen-bond acceptors (Lipinski definition) is 5. The van der Waals surface area contributed by atoms with Gasteiger partial charge in [0.15, 0.2) is 0 Å². The van der Waals surface area contributed by atoms with Crippen molar-refractivity contribution in [2.24, 2.45) is 0 Å². The lowest BCUT2D eigenvalue weighted by Gasteiger charge is -2.26. The smallest absolute Gasteiger partial charge is 0.265 e. The third-order valence-corrected chi connectivity index (χ3v) is 6.47. The van der Waals surface area contributed by atoms with Crippen LogP contribution in [0.1, 0.15) is 32.6 Å². The van der Waals surface area contributed by atoms with Gasteiger partial charge in [-0.3, -0.25) is 14.5 Å². The lowest BCUT2D eigenvalue weighted by molar-refractivity contribution is -0.119. The van der Waals surface area contributed by atoms with E-state index < -0.39 is 0 Å². The molecule has 0 radical (unpaired) electrons. The van der Waals surface area contributed by atoms with E-state index in [4.69, 9.17) is 0 Å². The normalized spacial score (nSPS) is 14.7. The zero-order valence-electron chi connectivity index (χ0n) is 15.7. The maximum absolute atomic E-state index is 12.5. The van der Waals surface area contributed by atoms with Crippen LogP contribution in [0.5, 0.6) is 0 Å². The number of aryl methyl sites for hydroxylation is 1. The van der Waals surface area contributed by atoms with Gasteiger partial charge in [0.2, 0.25) is 5.91 Å². The fourth-order valence-electron chi connectivity index (χ4n) is 2.97. The Bertz CT molecular complexity index is 813. The molecular weight excluding hydrogens is 378 g/mol. The van der Waals surface area contributed by atoms with Gasteiger partial charge in [-0.2, -0.15) is 11.8 Å². The maximum Gasteiger partial charge on any atom is 0.265 e. The molecular formula is C20H25N3O2S2. The lowest BCUT2D eigenvalue weighted by Crippen LogP contribution is -2.31. The lowest BCUT2D eigenvalue weighted by atomic mass is 10.1. The van der Waals surface area contributed by atoms with Gasteiger partial charge in [-0.1, -0.05) is 12.1 Å². The Labute approximate surface area is 168 Å². The van der Waals surface area contributed by atoms with Crippen molar-refractivity contribution in [3.05, 3.63) is 51.2 Å². The maximum atomic E-state index is 12.5. The number of anilines is 1. The first kappa shape index (κ1) is 19.9. The minimum absolute atomic E-state index is 0.0755. The van der Waals surface area contributed by atoms with Crippen LogP contribution < -0.4 is 10.6 Å². The second-order valence-corrected chi connectivity index (χ2v) is 9.06. The second-order valence-electron chi connectivity index (χ2n) is 6.67. The molecule has 0 unspecified atom stereocenters. The van der Waals surface area contributed by atoms with Gasteiger partial charge >= 0.3 is 0 Å². The highest BCUT2D eigenvalue weighted by atomic mass is 32.2. The zero-order valence-corrected chi connectivity index (χ0v) is 17.3. The van der Waals surface area contributed by atoms with E-state index in [1.807, 2.05) is 30.8 Å². The predicted molar refractivity (Wildman–Crippen MR) is 114 cm³/mol. The summed E-state index contributed by atoms with van der Waals surface area (Å²) in [5.41, 5.74) is 3.20. The minimum Gasteiger partial charge on any atom is -0.351 e. The molecule has 1 saturated heterocycles. The highest BCUT2D eigenvalue weighted by Gasteiger charge is 2.13. The Morgan fingerprint density at radius 1 is 1.15 bits per heavy atom. The third kappa shape index (κ3) is 5.82. The van der Waals surface area contributed by atoms with Crippen LogP contribution >= 0.6 is 23.1 Å². The van der Waals surface area contributed by atoms with E-state index >= 15 is 0 Å². The molecule has 144 valence electrons. The Kier molecular flexibility index (Phi) is 6.93. The fourth-order valence-corrected chi connectivity index (χ4v) is 4.79. The van der Waals surface area contributed by atoms with Crippen molar-refractivity contribution in [3.63, 3.8) is 0 Å². The summed E-state index contributed by atoms with van der Waals surface area (Å²) in [7, 11) is 0. The summed E-state index contributed by atoms with van der Waals surface area (Å²) in [5, 5.41) is 5.75. The highest BCUT2D eigenvalue weighted by molar-refractivity contribution is 7.99. The molecule has 0 spiro atoms. The summed E-state index contributed by atoms with van der Waals surface area (Å²) in [5.74, 6) is 2.22. The molecule has 0 saturated carbocycles. The second kappa shape index (κ2) is 9.39. The topological polar surface area (TPSA) is 61.4 Å². The van der Waals surface area contributed by atoms with Crippen molar-refractivity contribution in [1.82, 2.24) is 10.2 Å². The van der Waals surface area contributed by atoms with Crippen LogP contribution in [-0.2, 0) is 17.9 Å². The van der Waals surface area contributed by atoms with E-state index in [0.717, 1.165) is 35.8 Å². The van der Waals surface area contributed by atoms with Crippen molar-refractivity contribution in [3.8, 4) is 0 Å². The molecule has 1 aliphatic rings. The van der Waals surface area contributed by atoms with Crippen LogP contribution in [0.25, 0.3) is 0 Å². The summed E-state index contributed by atoms with van der Waals surface area (Å²) in [4.78, 5) is 27.6. The molecule has 1 fully saturated rings. The molecule has 2 amide bonds. The molecule has 3 rings (SSSR count). The molecule has 7 heteroatoms. The average molecular weight is 404 g/mol. The number of amides is 2. The van der Waals surface area contributed by atoms with E-state index in [-0.39, 0.29) is 11.8 Å². The summed E-state index contributed by atoms with van der Waals surface area (Å²) in [6.45, 7) is 7.21. The largest absolute Gasteiger partial charge is 0.351 e. The molecule has 2 heterocycles. The summed E-state index contributed by atoms with van der Waals surface area (Å²) in [6.07, 6.45) is 0. The number of carbonyl (C=O) groups is 2. The van der Waals surface area contributed by atoms with Crippen LogP contribution in [0.15, 0.2) is 30.3 Å². The van der Waals surface area contributed by atoms with E-state index in [0.29, 0.717) is 11.4 Å². The highest BCUT2D eigenvalue weighted by Crippen LogP contribution is 2.22. The molecule has 5 nitrogen and oxygen atoms in total. The first-order valence-electron chi connectivity index (χ1n) is 9.05. The number of nitrogens with zero attached hydrogens (tertiary/aromatic N) is 1. The minimum atomic E-state index is -0.113. The van der Waals surface area contributed by atoms with Gasteiger partial charge in [0.05, 0.1) is 11.4 Å². The third-order valence-electron chi connectivity index (χ3n) is 4.45. The van der Waals surface area contributed by atoms with Crippen molar-refractivity contribution < 1.29 is 9.59 Å². The van der Waals surface area contributed by atoms with Crippen LogP contribution in [-0.4, -0.2) is 41.3 Å². The van der Waals surface area contributed by atoms with Crippen molar-refractivity contribution >= 4 is 40.6 Å². The number of rotatable bonds is 6. The van der Waals surface area contributed by atoms with Gasteiger partial charge in [-0.05, 0) is 36.2 Å². The Balaban J connectivity index is 1.59. The number of thiophene rings is 1. The zero-order chi connectivity index (χ0) is 19.2. The van der Waals surface area contributed by atoms with Gasteiger partial charge in [0.25, 0.3) is 5.91 Å². The molecule has 27 heavy (non-hydrogen) atoms. The monoisotopic (exact) mass is 403 g/mol. The van der Waals surface area contributed by atoms with E-state index in [1.54, 1.807) is 6.07 Å². The predicted octanol–water partition coefficient (Wildman–Crippen LogP) is 3.49. The number of carbonyl (C=O) groups excluding carboxylic acids is 2. The van der Waals surface area contributed by atoms with Crippen molar-refractivity contribution in [1.29, 1.82) is 0 Å². The molecule has 1 aliphatic heterocycles. The molecule has 0 atom stereocenters. The van der Waals surface area contributed by atoms with Crippen LogP contribution in [0.3, 0.4) is 0 Å². The first-order valence-corrected chi connectivity index (χ1v) is 11.0. The van der Waals surface area contributed by atoms with Crippen LogP contribution in [0, 0.1) is 6.92 Å². The van der Waals surface area contributed by atoms with Gasteiger partial charge in [0, 0.05) is 48.6 Å². The van der Waals surface area contributed by atoms with Gasteiger partial charge < -0.3 is 10.6 Å². The van der Waals surface area contributed by atoms with Gasteiger partial charge in [0.1, 0.15) is 0 Å².